The molecule has 112 valence electrons. The molecule has 0 heterocycles. The van der Waals surface area contributed by atoms with Crippen LogP contribution in [0.15, 0.2) is 0 Å². The summed E-state index contributed by atoms with van der Waals surface area (Å²) >= 11 is 0. The van der Waals surface area contributed by atoms with Crippen LogP contribution in [-0.2, 0) is 9.59 Å². The molecule has 0 spiro atoms. The quantitative estimate of drug-likeness (QED) is 0.268. The van der Waals surface area contributed by atoms with Crippen molar-refractivity contribution in [2.24, 2.45) is 17.7 Å². The summed E-state index contributed by atoms with van der Waals surface area (Å²) in [6, 6.07) is 0. The summed E-state index contributed by atoms with van der Waals surface area (Å²) in [7, 11) is 0. The number of hydrazine groups is 1. The second-order valence-corrected chi connectivity index (χ2v) is 5.77. The van der Waals surface area contributed by atoms with Crippen molar-refractivity contribution < 1.29 is 19.8 Å². The summed E-state index contributed by atoms with van der Waals surface area (Å²) in [6.45, 7) is 7.59. The van der Waals surface area contributed by atoms with Crippen LogP contribution in [0, 0.1) is 11.8 Å². The van der Waals surface area contributed by atoms with Crippen molar-refractivity contribution in [1.82, 2.24) is 5.01 Å². The highest BCUT2D eigenvalue weighted by atomic mass is 16.4. The van der Waals surface area contributed by atoms with E-state index >= 15 is 0 Å². The molecule has 0 aromatic carbocycles. The Labute approximate surface area is 114 Å². The number of aliphatic carboxylic acids is 1. The van der Waals surface area contributed by atoms with E-state index in [4.69, 9.17) is 10.9 Å². The highest BCUT2D eigenvalue weighted by molar-refractivity contribution is 5.85. The molecule has 6 nitrogen and oxygen atoms in total. The van der Waals surface area contributed by atoms with Crippen molar-refractivity contribution in [2.75, 3.05) is 0 Å². The molecule has 0 aromatic rings. The van der Waals surface area contributed by atoms with Gasteiger partial charge in [0.05, 0.1) is 0 Å². The molecule has 6 heteroatoms. The fourth-order valence-corrected chi connectivity index (χ4v) is 1.85. The lowest BCUT2D eigenvalue weighted by atomic mass is 9.99. The van der Waals surface area contributed by atoms with Gasteiger partial charge in [0.1, 0.15) is 0 Å². The summed E-state index contributed by atoms with van der Waals surface area (Å²) in [5.74, 6) is 3.83. The summed E-state index contributed by atoms with van der Waals surface area (Å²) in [5, 5.41) is 19.6. The first-order valence-corrected chi connectivity index (χ1v) is 6.64. The van der Waals surface area contributed by atoms with Crippen LogP contribution in [0.1, 0.15) is 53.4 Å². The third-order valence-corrected chi connectivity index (χ3v) is 2.87. The second-order valence-electron chi connectivity index (χ2n) is 5.77. The number of carboxylic acids is 1. The largest absolute Gasteiger partial charge is 0.478 e. The molecule has 0 saturated carbocycles. The van der Waals surface area contributed by atoms with Crippen molar-refractivity contribution >= 4 is 11.9 Å². The Bertz CT molecular complexity index is 318. The van der Waals surface area contributed by atoms with E-state index in [2.05, 4.69) is 0 Å². The van der Waals surface area contributed by atoms with Gasteiger partial charge in [0.25, 0.3) is 5.72 Å². The topological polar surface area (TPSA) is 104 Å². The molecule has 0 unspecified atom stereocenters. The number of carbonyl (C=O) groups is 2. The minimum absolute atomic E-state index is 0.101. The van der Waals surface area contributed by atoms with Crippen LogP contribution in [0.5, 0.6) is 0 Å². The van der Waals surface area contributed by atoms with E-state index in [1.54, 1.807) is 13.8 Å². The Kier molecular flexibility index (Phi) is 7.00. The van der Waals surface area contributed by atoms with Crippen LogP contribution in [0.25, 0.3) is 0 Å². The maximum atomic E-state index is 11.8. The third-order valence-electron chi connectivity index (χ3n) is 2.87. The molecular weight excluding hydrogens is 248 g/mol. The first-order chi connectivity index (χ1) is 8.61. The normalized spacial score (nSPS) is 14.5. The Balaban J connectivity index is 4.67. The maximum absolute atomic E-state index is 11.8. The number of carboxylic acid groups (broad SMARTS) is 1. The number of amides is 1. The van der Waals surface area contributed by atoms with Gasteiger partial charge in [-0.2, -0.15) is 0 Å². The van der Waals surface area contributed by atoms with Crippen molar-refractivity contribution in [1.29, 1.82) is 0 Å². The van der Waals surface area contributed by atoms with Gasteiger partial charge in [-0.1, -0.05) is 34.1 Å². The van der Waals surface area contributed by atoms with Crippen molar-refractivity contribution in [3.8, 4) is 0 Å². The zero-order valence-electron chi connectivity index (χ0n) is 12.2. The van der Waals surface area contributed by atoms with Gasteiger partial charge in [0.2, 0.25) is 5.91 Å². The van der Waals surface area contributed by atoms with Gasteiger partial charge < -0.3 is 10.2 Å². The number of hydrogen-bond acceptors (Lipinski definition) is 4. The highest BCUT2D eigenvalue weighted by Crippen LogP contribution is 2.21. The molecule has 0 aliphatic rings. The van der Waals surface area contributed by atoms with Crippen molar-refractivity contribution in [3.63, 3.8) is 0 Å². The lowest BCUT2D eigenvalue weighted by molar-refractivity contribution is -0.193. The van der Waals surface area contributed by atoms with E-state index in [-0.39, 0.29) is 18.8 Å². The number of nitrogens with zero attached hydrogens (tertiary/aromatic N) is 1. The lowest BCUT2D eigenvalue weighted by Gasteiger charge is -2.33. The number of hydrogen-bond donors (Lipinski definition) is 3. The Hall–Kier alpha value is -1.14. The summed E-state index contributed by atoms with van der Waals surface area (Å²) < 4.78 is 0. The molecular formula is C13H26N2O4. The van der Waals surface area contributed by atoms with E-state index in [0.717, 1.165) is 6.42 Å². The molecule has 0 rings (SSSR count). The summed E-state index contributed by atoms with van der Waals surface area (Å²) in [4.78, 5) is 23.0. The fraction of sp³-hybridized carbons (Fsp3) is 0.846. The highest BCUT2D eigenvalue weighted by Gasteiger charge is 2.44. The van der Waals surface area contributed by atoms with E-state index < -0.39 is 17.6 Å². The molecule has 0 aliphatic carbocycles. The van der Waals surface area contributed by atoms with Crippen LogP contribution in [-0.4, -0.2) is 32.8 Å². The fourth-order valence-electron chi connectivity index (χ4n) is 1.85. The minimum atomic E-state index is -2.33. The molecule has 0 fully saturated rings. The number of carbonyl (C=O) groups excluding carboxylic acids is 1. The summed E-state index contributed by atoms with van der Waals surface area (Å²) in [5.41, 5.74) is -2.33. The van der Waals surface area contributed by atoms with Crippen LogP contribution in [0.3, 0.4) is 0 Å². The van der Waals surface area contributed by atoms with Gasteiger partial charge in [0.15, 0.2) is 0 Å². The molecule has 0 aromatic heterocycles. The van der Waals surface area contributed by atoms with E-state index in [9.17, 15) is 14.7 Å². The minimum Gasteiger partial charge on any atom is -0.478 e. The number of nitrogens with two attached hydrogens (primary N) is 1. The number of rotatable bonds is 8. The van der Waals surface area contributed by atoms with E-state index in [0.29, 0.717) is 17.3 Å². The standard InChI is InChI=1S/C13H26N2O4/c1-9(2)6-5-7-11(16)15(14)13(19,12(17)18)8-10(3)4/h9-10,19H,5-8,14H2,1-4H3,(H,17,18)/t13-/m0/s1. The Morgan fingerprint density at radius 2 is 1.74 bits per heavy atom. The molecule has 0 bridgehead atoms. The smallest absolute Gasteiger partial charge is 0.358 e. The van der Waals surface area contributed by atoms with E-state index in [1.165, 1.54) is 0 Å². The molecule has 0 aliphatic heterocycles. The first-order valence-electron chi connectivity index (χ1n) is 6.64. The van der Waals surface area contributed by atoms with Crippen LogP contribution in [0.4, 0.5) is 0 Å². The molecule has 1 atom stereocenters. The van der Waals surface area contributed by atoms with Gasteiger partial charge in [-0.3, -0.25) is 4.79 Å². The second kappa shape index (κ2) is 7.45. The number of aliphatic hydroxyl groups is 1. The van der Waals surface area contributed by atoms with E-state index in [1.807, 2.05) is 13.8 Å². The molecule has 0 saturated heterocycles. The van der Waals surface area contributed by atoms with Crippen molar-refractivity contribution in [3.05, 3.63) is 0 Å². The lowest BCUT2D eigenvalue weighted by Crippen LogP contribution is -2.61. The first kappa shape index (κ1) is 17.9. The molecule has 1 amide bonds. The molecule has 19 heavy (non-hydrogen) atoms. The SMILES string of the molecule is CC(C)CCCC(=O)N(N)[C@](O)(CC(C)C)C(=O)O. The zero-order valence-corrected chi connectivity index (χ0v) is 12.2. The van der Waals surface area contributed by atoms with Crippen LogP contribution in [0.2, 0.25) is 0 Å². The van der Waals surface area contributed by atoms with Gasteiger partial charge in [-0.05, 0) is 18.3 Å². The maximum Gasteiger partial charge on any atom is 0.358 e. The van der Waals surface area contributed by atoms with Gasteiger partial charge in [-0.15, -0.1) is 0 Å². The van der Waals surface area contributed by atoms with Crippen LogP contribution < -0.4 is 5.84 Å². The molecule has 4 N–H and O–H groups in total. The monoisotopic (exact) mass is 274 g/mol. The van der Waals surface area contributed by atoms with Crippen LogP contribution >= 0.6 is 0 Å². The summed E-state index contributed by atoms with van der Waals surface area (Å²) in [6.07, 6.45) is 1.52. The predicted octanol–water partition coefficient (Wildman–Crippen LogP) is 1.33. The third kappa shape index (κ3) is 5.57. The molecule has 0 radical (unpaired) electrons. The van der Waals surface area contributed by atoms with Gasteiger partial charge >= 0.3 is 5.97 Å². The average molecular weight is 274 g/mol. The predicted molar refractivity (Wildman–Crippen MR) is 71.8 cm³/mol. The van der Waals surface area contributed by atoms with Crippen molar-refractivity contribution in [2.45, 2.75) is 59.1 Å². The average Bonchev–Trinajstić information content (AvgIpc) is 2.25. The van der Waals surface area contributed by atoms with Gasteiger partial charge in [-0.25, -0.2) is 15.6 Å². The van der Waals surface area contributed by atoms with Gasteiger partial charge in [0, 0.05) is 12.8 Å². The Morgan fingerprint density at radius 3 is 2.11 bits per heavy atom. The Morgan fingerprint density at radius 1 is 1.21 bits per heavy atom. The zero-order chi connectivity index (χ0) is 15.2.